The number of nitrogens with zero attached hydrogens (tertiary/aromatic N) is 4. The van der Waals surface area contributed by atoms with Crippen LogP contribution in [0.15, 0.2) is 34.9 Å². The number of aromatic nitrogens is 4. The molecule has 0 amide bonds. The molecule has 1 aliphatic carbocycles. The summed E-state index contributed by atoms with van der Waals surface area (Å²) < 4.78 is 8.61. The summed E-state index contributed by atoms with van der Waals surface area (Å²) in [6, 6.07) is 7.41. The third-order valence-corrected chi connectivity index (χ3v) is 4.94. The first-order valence-electron chi connectivity index (χ1n) is 7.96. The number of rotatable bonds is 5. The van der Waals surface area contributed by atoms with Crippen molar-refractivity contribution in [1.82, 2.24) is 20.0 Å². The second kappa shape index (κ2) is 6.14. The topological polar surface area (TPSA) is 73.1 Å². The van der Waals surface area contributed by atoms with E-state index in [0.717, 1.165) is 28.0 Å². The van der Waals surface area contributed by atoms with Gasteiger partial charge in [0.25, 0.3) is 0 Å². The van der Waals surface area contributed by atoms with Gasteiger partial charge in [-0.1, -0.05) is 5.21 Å². The molecule has 1 N–H and O–H groups in total. The SMILES string of the molecule is C[C@H](O)c1cccnc1Oc1ccc2c(nnn2CC2CC2)c1Br. The maximum atomic E-state index is 9.86. The van der Waals surface area contributed by atoms with E-state index in [-0.39, 0.29) is 0 Å². The molecule has 3 aromatic rings. The van der Waals surface area contributed by atoms with Gasteiger partial charge in [-0.05, 0) is 65.9 Å². The fourth-order valence-corrected chi connectivity index (χ4v) is 3.15. The minimum Gasteiger partial charge on any atom is -0.437 e. The van der Waals surface area contributed by atoms with Gasteiger partial charge in [0, 0.05) is 18.3 Å². The van der Waals surface area contributed by atoms with Crippen LogP contribution in [0.25, 0.3) is 11.0 Å². The van der Waals surface area contributed by atoms with Crippen LogP contribution in [0, 0.1) is 5.92 Å². The van der Waals surface area contributed by atoms with Crippen molar-refractivity contribution >= 4 is 27.0 Å². The van der Waals surface area contributed by atoms with Gasteiger partial charge in [0.05, 0.1) is 16.1 Å². The molecule has 1 fully saturated rings. The van der Waals surface area contributed by atoms with Crippen LogP contribution < -0.4 is 4.74 Å². The van der Waals surface area contributed by atoms with Crippen molar-refractivity contribution < 1.29 is 9.84 Å². The summed E-state index contributed by atoms with van der Waals surface area (Å²) in [7, 11) is 0. The van der Waals surface area contributed by atoms with E-state index >= 15 is 0 Å². The second-order valence-electron chi connectivity index (χ2n) is 6.14. The monoisotopic (exact) mass is 388 g/mol. The number of pyridine rings is 1. The van der Waals surface area contributed by atoms with Gasteiger partial charge in [-0.15, -0.1) is 5.10 Å². The Morgan fingerprint density at radius 3 is 2.96 bits per heavy atom. The van der Waals surface area contributed by atoms with Gasteiger partial charge in [-0.25, -0.2) is 9.67 Å². The summed E-state index contributed by atoms with van der Waals surface area (Å²) in [5.74, 6) is 1.71. The number of benzene rings is 1. The largest absolute Gasteiger partial charge is 0.437 e. The first kappa shape index (κ1) is 15.5. The highest BCUT2D eigenvalue weighted by Gasteiger charge is 2.24. The predicted octanol–water partition coefficient (Wildman–Crippen LogP) is 3.84. The third-order valence-electron chi connectivity index (χ3n) is 4.18. The molecular formula is C17H17BrN4O2. The van der Waals surface area contributed by atoms with E-state index < -0.39 is 6.10 Å². The van der Waals surface area contributed by atoms with Crippen molar-refractivity contribution in [3.05, 3.63) is 40.5 Å². The van der Waals surface area contributed by atoms with Gasteiger partial charge < -0.3 is 9.84 Å². The highest BCUT2D eigenvalue weighted by Crippen LogP contribution is 2.37. The van der Waals surface area contributed by atoms with Gasteiger partial charge in [0.15, 0.2) is 0 Å². The Balaban J connectivity index is 1.69. The fourth-order valence-electron chi connectivity index (χ4n) is 2.66. The minimum atomic E-state index is -0.657. The molecular weight excluding hydrogens is 372 g/mol. The molecule has 2 heterocycles. The first-order valence-corrected chi connectivity index (χ1v) is 8.75. The molecule has 1 aliphatic rings. The van der Waals surface area contributed by atoms with Crippen molar-refractivity contribution in [2.75, 3.05) is 0 Å². The molecule has 0 unspecified atom stereocenters. The average Bonchev–Trinajstić information content (AvgIpc) is 3.29. The molecule has 24 heavy (non-hydrogen) atoms. The lowest BCUT2D eigenvalue weighted by atomic mass is 10.2. The number of hydrogen-bond acceptors (Lipinski definition) is 5. The van der Waals surface area contributed by atoms with Crippen LogP contribution in [0.1, 0.15) is 31.4 Å². The number of ether oxygens (including phenoxy) is 1. The first-order chi connectivity index (χ1) is 11.6. The number of hydrogen-bond donors (Lipinski definition) is 1. The Labute approximate surface area is 147 Å². The summed E-state index contributed by atoms with van der Waals surface area (Å²) in [5, 5.41) is 18.4. The van der Waals surface area contributed by atoms with Crippen LogP contribution in [0.2, 0.25) is 0 Å². The molecule has 6 nitrogen and oxygen atoms in total. The lowest BCUT2D eigenvalue weighted by Gasteiger charge is -2.12. The van der Waals surface area contributed by atoms with Gasteiger partial charge in [-0.3, -0.25) is 0 Å². The van der Waals surface area contributed by atoms with Crippen molar-refractivity contribution in [2.45, 2.75) is 32.4 Å². The van der Waals surface area contributed by atoms with Crippen molar-refractivity contribution in [1.29, 1.82) is 0 Å². The third kappa shape index (κ3) is 2.89. The molecule has 1 saturated carbocycles. The van der Waals surface area contributed by atoms with E-state index in [0.29, 0.717) is 17.2 Å². The smallest absolute Gasteiger partial charge is 0.225 e. The van der Waals surface area contributed by atoms with Crippen LogP contribution in [0.4, 0.5) is 0 Å². The van der Waals surface area contributed by atoms with Crippen molar-refractivity contribution in [3.8, 4) is 11.6 Å². The van der Waals surface area contributed by atoms with Gasteiger partial charge >= 0.3 is 0 Å². The Morgan fingerprint density at radius 2 is 2.21 bits per heavy atom. The zero-order valence-corrected chi connectivity index (χ0v) is 14.8. The van der Waals surface area contributed by atoms with Gasteiger partial charge in [0.1, 0.15) is 11.3 Å². The average molecular weight is 389 g/mol. The number of fused-ring (bicyclic) bond motifs is 1. The molecule has 124 valence electrons. The molecule has 2 aromatic heterocycles. The molecule has 0 bridgehead atoms. The lowest BCUT2D eigenvalue weighted by Crippen LogP contribution is -2.01. The normalized spacial score (nSPS) is 15.6. The second-order valence-corrected chi connectivity index (χ2v) is 6.93. The highest BCUT2D eigenvalue weighted by molar-refractivity contribution is 9.10. The summed E-state index contributed by atoms with van der Waals surface area (Å²) >= 11 is 3.57. The summed E-state index contributed by atoms with van der Waals surface area (Å²) in [6.07, 6.45) is 3.52. The summed E-state index contributed by atoms with van der Waals surface area (Å²) in [6.45, 7) is 2.60. The van der Waals surface area contributed by atoms with E-state index in [9.17, 15) is 5.11 Å². The molecule has 1 atom stereocenters. The van der Waals surface area contributed by atoms with Crippen LogP contribution in [0.5, 0.6) is 11.6 Å². The zero-order chi connectivity index (χ0) is 16.7. The zero-order valence-electron chi connectivity index (χ0n) is 13.2. The predicted molar refractivity (Wildman–Crippen MR) is 92.9 cm³/mol. The van der Waals surface area contributed by atoms with Crippen LogP contribution in [0.3, 0.4) is 0 Å². The maximum absolute atomic E-state index is 9.86. The quantitative estimate of drug-likeness (QED) is 0.718. The van der Waals surface area contributed by atoms with Crippen molar-refractivity contribution in [2.24, 2.45) is 5.92 Å². The number of aliphatic hydroxyl groups excluding tert-OH is 1. The van der Waals surface area contributed by atoms with Crippen LogP contribution >= 0.6 is 15.9 Å². The van der Waals surface area contributed by atoms with E-state index in [4.69, 9.17) is 4.74 Å². The minimum absolute atomic E-state index is 0.387. The number of aliphatic hydroxyl groups is 1. The fraction of sp³-hybridized carbons (Fsp3) is 0.353. The van der Waals surface area contributed by atoms with E-state index in [1.54, 1.807) is 25.3 Å². The molecule has 0 spiro atoms. The van der Waals surface area contributed by atoms with Crippen LogP contribution in [-0.4, -0.2) is 25.1 Å². The molecule has 7 heteroatoms. The highest BCUT2D eigenvalue weighted by atomic mass is 79.9. The molecule has 1 aromatic carbocycles. The number of halogens is 1. The standard InChI is InChI=1S/C17H17BrN4O2/c1-10(23)12-3-2-8-19-17(12)24-14-7-6-13-16(15(14)18)20-21-22(13)9-11-4-5-11/h2-3,6-8,10-11,23H,4-5,9H2,1H3/t10-/m0/s1. The van der Waals surface area contributed by atoms with Crippen LogP contribution in [-0.2, 0) is 6.54 Å². The van der Waals surface area contributed by atoms with Gasteiger partial charge in [0.2, 0.25) is 5.88 Å². The molecule has 4 rings (SSSR count). The summed E-state index contributed by atoms with van der Waals surface area (Å²) in [5.41, 5.74) is 2.39. The molecule has 0 saturated heterocycles. The maximum Gasteiger partial charge on any atom is 0.225 e. The van der Waals surface area contributed by atoms with E-state index in [1.165, 1.54) is 12.8 Å². The Morgan fingerprint density at radius 1 is 1.38 bits per heavy atom. The lowest BCUT2D eigenvalue weighted by molar-refractivity contribution is 0.194. The Bertz CT molecular complexity index is 889. The molecule has 0 aliphatic heterocycles. The molecule has 0 radical (unpaired) electrons. The van der Waals surface area contributed by atoms with E-state index in [1.807, 2.05) is 16.8 Å². The Hall–Kier alpha value is -1.99. The van der Waals surface area contributed by atoms with Crippen molar-refractivity contribution in [3.63, 3.8) is 0 Å². The van der Waals surface area contributed by atoms with E-state index in [2.05, 4.69) is 31.2 Å². The van der Waals surface area contributed by atoms with Gasteiger partial charge in [-0.2, -0.15) is 0 Å². The Kier molecular flexibility index (Phi) is 3.97. The summed E-state index contributed by atoms with van der Waals surface area (Å²) in [4.78, 5) is 4.22.